The molecule has 0 atom stereocenters. The first-order valence-corrected chi connectivity index (χ1v) is 7.55. The third kappa shape index (κ3) is 4.06. The van der Waals surface area contributed by atoms with E-state index in [0.717, 1.165) is 24.1 Å². The van der Waals surface area contributed by atoms with Crippen LogP contribution in [0.4, 0.5) is 13.6 Å². The molecule has 1 N–H and O–H groups in total. The lowest BCUT2D eigenvalue weighted by Gasteiger charge is -2.22. The second-order valence-electron chi connectivity index (χ2n) is 5.55. The number of urea groups is 1. The Kier molecular flexibility index (Phi) is 4.55. The third-order valence-electron chi connectivity index (χ3n) is 3.73. The zero-order valence-corrected chi connectivity index (χ0v) is 12.5. The summed E-state index contributed by atoms with van der Waals surface area (Å²) in [6.45, 7) is -0.195. The van der Waals surface area contributed by atoms with Crippen LogP contribution in [-0.2, 0) is 6.54 Å². The lowest BCUT2D eigenvalue weighted by molar-refractivity contribution is 0.0953. The highest BCUT2D eigenvalue weighted by atomic mass is 19.3. The summed E-state index contributed by atoms with van der Waals surface area (Å²) in [5, 5.41) is 6.85. The number of halogens is 2. The first kappa shape index (κ1) is 15.5. The van der Waals surface area contributed by atoms with Gasteiger partial charge in [0.25, 0.3) is 6.43 Å². The Morgan fingerprint density at radius 1 is 1.35 bits per heavy atom. The number of amides is 2. The molecule has 0 unspecified atom stereocenters. The molecule has 5 nitrogen and oxygen atoms in total. The van der Waals surface area contributed by atoms with Crippen LogP contribution in [0.3, 0.4) is 0 Å². The summed E-state index contributed by atoms with van der Waals surface area (Å²) < 4.78 is 26.8. The molecule has 0 saturated heterocycles. The van der Waals surface area contributed by atoms with E-state index in [1.54, 1.807) is 10.9 Å². The van der Waals surface area contributed by atoms with E-state index in [-0.39, 0.29) is 6.04 Å². The van der Waals surface area contributed by atoms with Crippen molar-refractivity contribution in [2.45, 2.75) is 31.9 Å². The van der Waals surface area contributed by atoms with Crippen molar-refractivity contribution in [3.8, 4) is 5.69 Å². The summed E-state index contributed by atoms with van der Waals surface area (Å²) in [5.74, 6) is 0. The summed E-state index contributed by atoms with van der Waals surface area (Å²) in [6, 6.07) is 8.93. The number of benzene rings is 1. The number of hydrogen-bond acceptors (Lipinski definition) is 2. The largest absolute Gasteiger partial charge is 0.334 e. The fourth-order valence-electron chi connectivity index (χ4n) is 2.40. The maximum Gasteiger partial charge on any atom is 0.318 e. The SMILES string of the molecule is O=C(NCc1ccc(-n2cccn2)cc1)N(CC(F)F)C1CC1. The summed E-state index contributed by atoms with van der Waals surface area (Å²) in [7, 11) is 0. The molecule has 1 aliphatic rings. The van der Waals surface area contributed by atoms with Gasteiger partial charge in [0.1, 0.15) is 0 Å². The highest BCUT2D eigenvalue weighted by Gasteiger charge is 2.34. The molecule has 0 radical (unpaired) electrons. The number of carbonyl (C=O) groups excluding carboxylic acids is 1. The standard InChI is InChI=1S/C16H18F2N4O/c17-15(18)11-21(13-6-7-13)16(23)19-10-12-2-4-14(5-3-12)22-9-1-8-20-22/h1-5,8-9,13,15H,6-7,10-11H2,(H,19,23). The minimum absolute atomic E-state index is 0.0359. The molecule has 0 bridgehead atoms. The van der Waals surface area contributed by atoms with Crippen molar-refractivity contribution >= 4 is 6.03 Å². The summed E-state index contributed by atoms with van der Waals surface area (Å²) in [5.41, 5.74) is 1.82. The smallest absolute Gasteiger partial charge is 0.318 e. The molecule has 0 spiro atoms. The van der Waals surface area contributed by atoms with E-state index in [9.17, 15) is 13.6 Å². The molecule has 7 heteroatoms. The summed E-state index contributed by atoms with van der Waals surface area (Å²) in [6.07, 6.45) is 2.64. The van der Waals surface area contributed by atoms with Crippen LogP contribution >= 0.6 is 0 Å². The van der Waals surface area contributed by atoms with Crippen molar-refractivity contribution in [3.63, 3.8) is 0 Å². The Labute approximate surface area is 132 Å². The van der Waals surface area contributed by atoms with Gasteiger partial charge in [-0.15, -0.1) is 0 Å². The minimum atomic E-state index is -2.50. The molecule has 1 saturated carbocycles. The van der Waals surface area contributed by atoms with Crippen LogP contribution in [0.5, 0.6) is 0 Å². The first-order chi connectivity index (χ1) is 11.1. The predicted molar refractivity (Wildman–Crippen MR) is 81.5 cm³/mol. The summed E-state index contributed by atoms with van der Waals surface area (Å²) >= 11 is 0. The number of aromatic nitrogens is 2. The number of rotatable bonds is 6. The van der Waals surface area contributed by atoms with Crippen LogP contribution in [0, 0.1) is 0 Å². The second-order valence-corrected chi connectivity index (χ2v) is 5.55. The maximum absolute atomic E-state index is 12.5. The van der Waals surface area contributed by atoms with Gasteiger partial charge in [-0.25, -0.2) is 18.3 Å². The average molecular weight is 320 g/mol. The molecule has 2 amide bonds. The molecule has 1 aromatic heterocycles. The number of nitrogens with one attached hydrogen (secondary N) is 1. The van der Waals surface area contributed by atoms with Crippen LogP contribution < -0.4 is 5.32 Å². The third-order valence-corrected chi connectivity index (χ3v) is 3.73. The fraction of sp³-hybridized carbons (Fsp3) is 0.375. The number of carbonyl (C=O) groups is 1. The first-order valence-electron chi connectivity index (χ1n) is 7.55. The van der Waals surface area contributed by atoms with Crippen molar-refractivity contribution < 1.29 is 13.6 Å². The van der Waals surface area contributed by atoms with E-state index in [1.807, 2.05) is 36.5 Å². The molecular formula is C16H18F2N4O. The zero-order valence-electron chi connectivity index (χ0n) is 12.5. The Morgan fingerprint density at radius 3 is 2.65 bits per heavy atom. The van der Waals surface area contributed by atoms with E-state index in [2.05, 4.69) is 10.4 Å². The van der Waals surface area contributed by atoms with Gasteiger partial charge in [-0.2, -0.15) is 5.10 Å². The van der Waals surface area contributed by atoms with E-state index >= 15 is 0 Å². The number of alkyl halides is 2. The monoisotopic (exact) mass is 320 g/mol. The van der Waals surface area contributed by atoms with E-state index < -0.39 is 19.0 Å². The van der Waals surface area contributed by atoms with Crippen molar-refractivity contribution in [2.75, 3.05) is 6.54 Å². The second kappa shape index (κ2) is 6.76. The molecule has 122 valence electrons. The van der Waals surface area contributed by atoms with Gasteiger partial charge in [-0.05, 0) is 36.6 Å². The molecule has 0 aliphatic heterocycles. The van der Waals surface area contributed by atoms with Gasteiger partial charge in [0.2, 0.25) is 0 Å². The van der Waals surface area contributed by atoms with Crippen molar-refractivity contribution in [3.05, 3.63) is 48.3 Å². The highest BCUT2D eigenvalue weighted by molar-refractivity contribution is 5.75. The Balaban J connectivity index is 1.56. The Bertz CT molecular complexity index is 639. The predicted octanol–water partition coefficient (Wildman–Crippen LogP) is 2.81. The molecule has 1 aliphatic carbocycles. The average Bonchev–Trinajstić information content (AvgIpc) is 3.24. The number of hydrogen-bond donors (Lipinski definition) is 1. The Morgan fingerprint density at radius 2 is 2.09 bits per heavy atom. The van der Waals surface area contributed by atoms with Gasteiger partial charge in [0.05, 0.1) is 12.2 Å². The van der Waals surface area contributed by atoms with Crippen LogP contribution in [-0.4, -0.2) is 39.7 Å². The van der Waals surface area contributed by atoms with Gasteiger partial charge < -0.3 is 10.2 Å². The normalized spacial score (nSPS) is 14.0. The molecule has 2 aromatic rings. The molecular weight excluding hydrogens is 302 g/mol. The lowest BCUT2D eigenvalue weighted by Crippen LogP contribution is -2.43. The quantitative estimate of drug-likeness (QED) is 0.890. The van der Waals surface area contributed by atoms with Gasteiger partial charge in [-0.3, -0.25) is 0 Å². The van der Waals surface area contributed by atoms with Crippen LogP contribution in [0.15, 0.2) is 42.7 Å². The van der Waals surface area contributed by atoms with Crippen molar-refractivity contribution in [1.29, 1.82) is 0 Å². The van der Waals surface area contributed by atoms with E-state index in [1.165, 1.54) is 4.90 Å². The zero-order chi connectivity index (χ0) is 16.2. The van der Waals surface area contributed by atoms with E-state index in [0.29, 0.717) is 6.54 Å². The Hall–Kier alpha value is -2.44. The van der Waals surface area contributed by atoms with Gasteiger partial charge in [0, 0.05) is 25.0 Å². The minimum Gasteiger partial charge on any atom is -0.334 e. The van der Waals surface area contributed by atoms with Crippen molar-refractivity contribution in [1.82, 2.24) is 20.0 Å². The maximum atomic E-state index is 12.5. The highest BCUT2D eigenvalue weighted by Crippen LogP contribution is 2.27. The molecule has 1 fully saturated rings. The molecule has 23 heavy (non-hydrogen) atoms. The fourth-order valence-corrected chi connectivity index (χ4v) is 2.40. The molecule has 1 aromatic carbocycles. The molecule has 1 heterocycles. The topological polar surface area (TPSA) is 50.2 Å². The molecule has 3 rings (SSSR count). The van der Waals surface area contributed by atoms with Gasteiger partial charge in [0.15, 0.2) is 0 Å². The van der Waals surface area contributed by atoms with Crippen LogP contribution in [0.1, 0.15) is 18.4 Å². The van der Waals surface area contributed by atoms with Crippen molar-refractivity contribution in [2.24, 2.45) is 0 Å². The van der Waals surface area contributed by atoms with E-state index in [4.69, 9.17) is 0 Å². The van der Waals surface area contributed by atoms with Gasteiger partial charge >= 0.3 is 6.03 Å². The van der Waals surface area contributed by atoms with Crippen LogP contribution in [0.2, 0.25) is 0 Å². The lowest BCUT2D eigenvalue weighted by atomic mass is 10.2. The van der Waals surface area contributed by atoms with Gasteiger partial charge in [-0.1, -0.05) is 12.1 Å². The number of nitrogens with zero attached hydrogens (tertiary/aromatic N) is 3. The summed E-state index contributed by atoms with van der Waals surface area (Å²) in [4.78, 5) is 13.3. The van der Waals surface area contributed by atoms with Crippen LogP contribution in [0.25, 0.3) is 5.69 Å².